The first-order valence-corrected chi connectivity index (χ1v) is 7.91. The molecule has 0 bridgehead atoms. The fourth-order valence-corrected chi connectivity index (χ4v) is 2.84. The van der Waals surface area contributed by atoms with Crippen molar-refractivity contribution in [2.75, 3.05) is 13.2 Å². The van der Waals surface area contributed by atoms with Crippen molar-refractivity contribution in [2.45, 2.75) is 30.2 Å². The van der Waals surface area contributed by atoms with E-state index in [1.165, 1.54) is 0 Å². The maximum absolute atomic E-state index is 14.9. The highest BCUT2D eigenvalue weighted by Crippen LogP contribution is 2.49. The van der Waals surface area contributed by atoms with Crippen molar-refractivity contribution in [3.63, 3.8) is 0 Å². The summed E-state index contributed by atoms with van der Waals surface area (Å²) < 4.78 is 63.0. The third-order valence-corrected chi connectivity index (χ3v) is 4.34. The van der Waals surface area contributed by atoms with E-state index in [2.05, 4.69) is 22.7 Å². The van der Waals surface area contributed by atoms with Gasteiger partial charge in [-0.3, -0.25) is 0 Å². The van der Waals surface area contributed by atoms with Crippen LogP contribution in [-0.4, -0.2) is 39.0 Å². The van der Waals surface area contributed by atoms with Crippen LogP contribution in [0.5, 0.6) is 0 Å². The Bertz CT molecular complexity index is 702. The molecule has 10 heteroatoms. The number of thiol groups is 1. The molecule has 1 heterocycles. The minimum atomic E-state index is -3.86. The molecule has 0 saturated heterocycles. The molecule has 138 valence electrons. The number of halogens is 4. The summed E-state index contributed by atoms with van der Waals surface area (Å²) in [7, 11) is 0. The molecule has 0 saturated carbocycles. The van der Waals surface area contributed by atoms with Crippen molar-refractivity contribution < 1.29 is 27.4 Å². The Labute approximate surface area is 147 Å². The lowest BCUT2D eigenvalue weighted by Gasteiger charge is -2.40. The molecule has 2 rings (SSSR count). The molecule has 1 N–H and O–H groups in total. The smallest absolute Gasteiger partial charge is 0.285 e. The molecule has 1 aromatic carbocycles. The minimum Gasteiger partial charge on any atom is -0.382 e. The molecule has 25 heavy (non-hydrogen) atoms. The van der Waals surface area contributed by atoms with Gasteiger partial charge in [-0.15, -0.1) is 12.6 Å². The SMILES string of the molecule is CCOCCC(F)(F)C(O)(c1ccc(F)cc1F)C(S)n1cncn1. The van der Waals surface area contributed by atoms with E-state index in [0.717, 1.165) is 29.5 Å². The van der Waals surface area contributed by atoms with E-state index in [1.807, 2.05) is 0 Å². The van der Waals surface area contributed by atoms with Gasteiger partial charge in [0.05, 0.1) is 6.61 Å². The zero-order chi connectivity index (χ0) is 18.7. The van der Waals surface area contributed by atoms with Crippen molar-refractivity contribution >= 4 is 12.6 Å². The van der Waals surface area contributed by atoms with Crippen LogP contribution in [-0.2, 0) is 10.3 Å². The predicted octanol–water partition coefficient (Wildman–Crippen LogP) is 2.93. The van der Waals surface area contributed by atoms with Gasteiger partial charge in [-0.2, -0.15) is 5.10 Å². The van der Waals surface area contributed by atoms with Crippen molar-refractivity contribution in [1.29, 1.82) is 0 Å². The van der Waals surface area contributed by atoms with Crippen molar-refractivity contribution in [3.8, 4) is 0 Å². The predicted molar refractivity (Wildman–Crippen MR) is 84.4 cm³/mol. The summed E-state index contributed by atoms with van der Waals surface area (Å²) >= 11 is 4.02. The van der Waals surface area contributed by atoms with Gasteiger partial charge in [-0.25, -0.2) is 27.2 Å². The number of aliphatic hydroxyl groups is 1. The Hall–Kier alpha value is -1.65. The average molecular weight is 379 g/mol. The summed E-state index contributed by atoms with van der Waals surface area (Å²) in [4.78, 5) is 3.61. The Morgan fingerprint density at radius 3 is 2.64 bits per heavy atom. The van der Waals surface area contributed by atoms with Gasteiger partial charge in [0, 0.05) is 24.7 Å². The van der Waals surface area contributed by atoms with Gasteiger partial charge in [0.15, 0.2) is 5.60 Å². The highest BCUT2D eigenvalue weighted by Gasteiger charge is 2.59. The highest BCUT2D eigenvalue weighted by molar-refractivity contribution is 7.80. The van der Waals surface area contributed by atoms with Gasteiger partial charge in [-0.05, 0) is 19.1 Å². The van der Waals surface area contributed by atoms with Crippen LogP contribution in [0.15, 0.2) is 30.9 Å². The molecule has 0 aliphatic carbocycles. The average Bonchev–Trinajstić information content (AvgIpc) is 3.07. The van der Waals surface area contributed by atoms with E-state index >= 15 is 0 Å². The monoisotopic (exact) mass is 379 g/mol. The maximum Gasteiger partial charge on any atom is 0.285 e. The van der Waals surface area contributed by atoms with Gasteiger partial charge in [0.25, 0.3) is 5.92 Å². The minimum absolute atomic E-state index is 0.201. The Balaban J connectivity index is 2.54. The van der Waals surface area contributed by atoms with Crippen LogP contribution in [0.25, 0.3) is 0 Å². The molecular weight excluding hydrogens is 362 g/mol. The van der Waals surface area contributed by atoms with Crippen LogP contribution in [0.1, 0.15) is 24.3 Å². The van der Waals surface area contributed by atoms with E-state index in [1.54, 1.807) is 6.92 Å². The van der Waals surface area contributed by atoms with Gasteiger partial charge in [0.1, 0.15) is 29.7 Å². The van der Waals surface area contributed by atoms with E-state index in [0.29, 0.717) is 6.07 Å². The number of hydrogen-bond acceptors (Lipinski definition) is 5. The summed E-state index contributed by atoms with van der Waals surface area (Å²) in [5.74, 6) is -6.14. The molecule has 0 fully saturated rings. The zero-order valence-electron chi connectivity index (χ0n) is 13.2. The standard InChI is InChI=1S/C15H17F4N3O2S/c1-2-24-6-5-14(18,19)15(23,13(25)22-9-20-8-21-22)11-4-3-10(16)7-12(11)17/h3-4,7-9,13,23,25H,2,5-6H2,1H3. The van der Waals surface area contributed by atoms with Gasteiger partial charge in [-0.1, -0.05) is 0 Å². The highest BCUT2D eigenvalue weighted by atomic mass is 32.1. The van der Waals surface area contributed by atoms with Crippen LogP contribution in [0, 0.1) is 11.6 Å². The summed E-state index contributed by atoms with van der Waals surface area (Å²) in [6.07, 6.45) is 1.21. The lowest BCUT2D eigenvalue weighted by molar-refractivity contribution is -0.207. The normalized spacial score (nSPS) is 15.8. The van der Waals surface area contributed by atoms with Crippen LogP contribution >= 0.6 is 12.6 Å². The number of ether oxygens (including phenoxy) is 1. The summed E-state index contributed by atoms with van der Waals surface area (Å²) in [5.41, 5.74) is -3.93. The Morgan fingerprint density at radius 1 is 1.36 bits per heavy atom. The zero-order valence-corrected chi connectivity index (χ0v) is 14.1. The number of benzene rings is 1. The number of alkyl halides is 2. The first-order chi connectivity index (χ1) is 11.7. The van der Waals surface area contributed by atoms with E-state index in [9.17, 15) is 22.7 Å². The first kappa shape index (κ1) is 19.7. The maximum atomic E-state index is 14.9. The number of rotatable bonds is 8. The fraction of sp³-hybridized carbons (Fsp3) is 0.467. The molecule has 0 aliphatic heterocycles. The fourth-order valence-electron chi connectivity index (χ4n) is 2.39. The summed E-state index contributed by atoms with van der Waals surface area (Å²) in [6.45, 7) is 1.46. The molecule has 2 aromatic rings. The van der Waals surface area contributed by atoms with Crippen LogP contribution < -0.4 is 0 Å². The van der Waals surface area contributed by atoms with Gasteiger partial charge < -0.3 is 9.84 Å². The second kappa shape index (κ2) is 7.71. The van der Waals surface area contributed by atoms with E-state index in [4.69, 9.17) is 4.74 Å². The topological polar surface area (TPSA) is 60.2 Å². The molecule has 0 amide bonds. The molecule has 0 aliphatic rings. The molecular formula is C15H17F4N3O2S. The lowest BCUT2D eigenvalue weighted by atomic mass is 9.84. The second-order valence-electron chi connectivity index (χ2n) is 5.29. The van der Waals surface area contributed by atoms with Crippen molar-refractivity contribution in [1.82, 2.24) is 14.8 Å². The van der Waals surface area contributed by atoms with Gasteiger partial charge >= 0.3 is 0 Å². The Kier molecular flexibility index (Phi) is 6.07. The number of hydrogen-bond donors (Lipinski definition) is 2. The third kappa shape index (κ3) is 3.80. The summed E-state index contributed by atoms with van der Waals surface area (Å²) in [6, 6.07) is 1.96. The third-order valence-electron chi connectivity index (χ3n) is 3.72. The molecule has 0 radical (unpaired) electrons. The van der Waals surface area contributed by atoms with Crippen LogP contribution in [0.3, 0.4) is 0 Å². The van der Waals surface area contributed by atoms with Crippen LogP contribution in [0.2, 0.25) is 0 Å². The first-order valence-electron chi connectivity index (χ1n) is 7.39. The number of nitrogens with zero attached hydrogens (tertiary/aromatic N) is 3. The quantitative estimate of drug-likeness (QED) is 0.421. The molecule has 2 atom stereocenters. The van der Waals surface area contributed by atoms with E-state index < -0.39 is 40.5 Å². The summed E-state index contributed by atoms with van der Waals surface area (Å²) in [5, 5.41) is 12.9. The molecule has 0 spiro atoms. The molecule has 5 nitrogen and oxygen atoms in total. The Morgan fingerprint density at radius 2 is 2.08 bits per heavy atom. The number of aromatic nitrogens is 3. The van der Waals surface area contributed by atoms with Crippen molar-refractivity contribution in [2.24, 2.45) is 0 Å². The molecule has 2 unspecified atom stereocenters. The second-order valence-corrected chi connectivity index (χ2v) is 5.78. The van der Waals surface area contributed by atoms with E-state index in [-0.39, 0.29) is 13.2 Å². The largest absolute Gasteiger partial charge is 0.382 e. The van der Waals surface area contributed by atoms with Gasteiger partial charge in [0.2, 0.25) is 0 Å². The van der Waals surface area contributed by atoms with Crippen LogP contribution in [0.4, 0.5) is 17.6 Å². The lowest BCUT2D eigenvalue weighted by Crippen LogP contribution is -2.51. The van der Waals surface area contributed by atoms with Crippen molar-refractivity contribution in [3.05, 3.63) is 48.1 Å². The molecule has 1 aromatic heterocycles.